The van der Waals surface area contributed by atoms with Gasteiger partial charge in [-0.25, -0.2) is 4.79 Å². The van der Waals surface area contributed by atoms with E-state index in [9.17, 15) is 4.79 Å². The van der Waals surface area contributed by atoms with E-state index in [2.05, 4.69) is 4.74 Å². The van der Waals surface area contributed by atoms with Crippen LogP contribution in [0.15, 0.2) is 11.6 Å². The van der Waals surface area contributed by atoms with Gasteiger partial charge in [0.1, 0.15) is 0 Å². The van der Waals surface area contributed by atoms with Crippen LogP contribution in [0, 0.1) is 5.92 Å². The fraction of sp³-hybridized carbons (Fsp3) is 0.667. The Balaban J connectivity index is 4.34. The molecular weight excluding hydrogens is 140 g/mol. The molecule has 0 N–H and O–H groups in total. The molecule has 0 aliphatic heterocycles. The van der Waals surface area contributed by atoms with E-state index < -0.39 is 0 Å². The standard InChI is InChI=1S/C9H16O2/c1-5-6-8(7(2)3)9(10)11-4/h6-7H,5H2,1-4H3/b8-6+. The van der Waals surface area contributed by atoms with Gasteiger partial charge in [-0.2, -0.15) is 0 Å². The Morgan fingerprint density at radius 3 is 2.36 bits per heavy atom. The van der Waals surface area contributed by atoms with E-state index in [1.54, 1.807) is 0 Å². The maximum absolute atomic E-state index is 11.1. The lowest BCUT2D eigenvalue weighted by atomic mass is 10.0. The SMILES string of the molecule is CC/C=C(/C(=O)OC)C(C)C. The molecule has 0 aliphatic rings. The number of carbonyl (C=O) groups excluding carboxylic acids is 1. The quantitative estimate of drug-likeness (QED) is 0.462. The molecule has 0 amide bonds. The second-order valence-corrected chi connectivity index (χ2v) is 2.71. The second kappa shape index (κ2) is 4.94. The van der Waals surface area contributed by atoms with Crippen molar-refractivity contribution < 1.29 is 9.53 Å². The van der Waals surface area contributed by atoms with E-state index in [-0.39, 0.29) is 11.9 Å². The molecule has 0 aromatic carbocycles. The van der Waals surface area contributed by atoms with Gasteiger partial charge < -0.3 is 4.74 Å². The number of ether oxygens (including phenoxy) is 1. The predicted octanol–water partition coefficient (Wildman–Crippen LogP) is 2.15. The van der Waals surface area contributed by atoms with Crippen LogP contribution in [0.5, 0.6) is 0 Å². The third kappa shape index (κ3) is 3.21. The van der Waals surface area contributed by atoms with E-state index >= 15 is 0 Å². The summed E-state index contributed by atoms with van der Waals surface area (Å²) < 4.78 is 4.62. The number of hydrogen-bond donors (Lipinski definition) is 0. The molecule has 0 saturated heterocycles. The van der Waals surface area contributed by atoms with Gasteiger partial charge in [-0.15, -0.1) is 0 Å². The summed E-state index contributed by atoms with van der Waals surface area (Å²) in [5.41, 5.74) is 0.773. The number of allylic oxidation sites excluding steroid dienone is 1. The summed E-state index contributed by atoms with van der Waals surface area (Å²) >= 11 is 0. The summed E-state index contributed by atoms with van der Waals surface area (Å²) in [7, 11) is 1.41. The molecule has 0 radical (unpaired) electrons. The largest absolute Gasteiger partial charge is 0.466 e. The van der Waals surface area contributed by atoms with Crippen LogP contribution in [-0.4, -0.2) is 13.1 Å². The summed E-state index contributed by atoms with van der Waals surface area (Å²) in [6.07, 6.45) is 2.79. The molecule has 0 aliphatic carbocycles. The molecule has 0 spiro atoms. The van der Waals surface area contributed by atoms with Gasteiger partial charge >= 0.3 is 5.97 Å². The summed E-state index contributed by atoms with van der Waals surface area (Å²) in [6.45, 7) is 5.97. The normalized spacial score (nSPS) is 11.9. The minimum absolute atomic E-state index is 0.207. The molecule has 2 heteroatoms. The van der Waals surface area contributed by atoms with Crippen molar-refractivity contribution in [2.24, 2.45) is 5.92 Å². The number of rotatable bonds is 3. The maximum atomic E-state index is 11.1. The third-order valence-electron chi connectivity index (χ3n) is 1.47. The lowest BCUT2D eigenvalue weighted by molar-refractivity contribution is -0.136. The van der Waals surface area contributed by atoms with Crippen molar-refractivity contribution in [2.75, 3.05) is 7.11 Å². The average Bonchev–Trinajstić information content (AvgIpc) is 1.98. The predicted molar refractivity (Wildman–Crippen MR) is 45.2 cm³/mol. The van der Waals surface area contributed by atoms with Crippen molar-refractivity contribution in [1.82, 2.24) is 0 Å². The summed E-state index contributed by atoms with van der Waals surface area (Å²) in [5, 5.41) is 0. The van der Waals surface area contributed by atoms with Gasteiger partial charge in [0, 0.05) is 5.57 Å². The molecule has 11 heavy (non-hydrogen) atoms. The van der Waals surface area contributed by atoms with Crippen LogP contribution in [0.3, 0.4) is 0 Å². The smallest absolute Gasteiger partial charge is 0.333 e. The van der Waals surface area contributed by atoms with Crippen LogP contribution in [-0.2, 0) is 9.53 Å². The van der Waals surface area contributed by atoms with Crippen molar-refractivity contribution in [1.29, 1.82) is 0 Å². The number of esters is 1. The van der Waals surface area contributed by atoms with Crippen molar-refractivity contribution in [3.8, 4) is 0 Å². The van der Waals surface area contributed by atoms with Crippen molar-refractivity contribution in [2.45, 2.75) is 27.2 Å². The third-order valence-corrected chi connectivity index (χ3v) is 1.47. The summed E-state index contributed by atoms with van der Waals surface area (Å²) in [6, 6.07) is 0. The maximum Gasteiger partial charge on any atom is 0.333 e. The molecular formula is C9H16O2. The molecule has 2 nitrogen and oxygen atoms in total. The Morgan fingerprint density at radius 1 is 1.55 bits per heavy atom. The van der Waals surface area contributed by atoms with E-state index in [4.69, 9.17) is 0 Å². The Bertz CT molecular complexity index is 157. The summed E-state index contributed by atoms with van der Waals surface area (Å²) in [4.78, 5) is 11.1. The highest BCUT2D eigenvalue weighted by Crippen LogP contribution is 2.11. The second-order valence-electron chi connectivity index (χ2n) is 2.71. The van der Waals surface area contributed by atoms with E-state index in [1.165, 1.54) is 7.11 Å². The molecule has 0 aromatic rings. The highest BCUT2D eigenvalue weighted by molar-refractivity contribution is 5.88. The number of hydrogen-bond acceptors (Lipinski definition) is 2. The molecule has 0 atom stereocenters. The van der Waals surface area contributed by atoms with Crippen molar-refractivity contribution >= 4 is 5.97 Å². The van der Waals surface area contributed by atoms with Gasteiger partial charge in [0.05, 0.1) is 7.11 Å². The monoisotopic (exact) mass is 156 g/mol. The van der Waals surface area contributed by atoms with Crippen LogP contribution in [0.4, 0.5) is 0 Å². The first-order valence-corrected chi connectivity index (χ1v) is 3.91. The minimum Gasteiger partial charge on any atom is -0.466 e. The van der Waals surface area contributed by atoms with Gasteiger partial charge in [0.15, 0.2) is 0 Å². The molecule has 0 heterocycles. The lowest BCUT2D eigenvalue weighted by Crippen LogP contribution is -2.09. The number of carbonyl (C=O) groups is 1. The van der Waals surface area contributed by atoms with Gasteiger partial charge in [0.2, 0.25) is 0 Å². The Kier molecular flexibility index (Phi) is 4.59. The highest BCUT2D eigenvalue weighted by atomic mass is 16.5. The molecule has 0 bridgehead atoms. The molecule has 0 fully saturated rings. The van der Waals surface area contributed by atoms with Crippen molar-refractivity contribution in [3.05, 3.63) is 11.6 Å². The van der Waals surface area contributed by atoms with Gasteiger partial charge in [-0.1, -0.05) is 26.8 Å². The van der Waals surface area contributed by atoms with E-state index in [1.807, 2.05) is 26.8 Å². The zero-order valence-corrected chi connectivity index (χ0v) is 7.68. The first-order chi connectivity index (χ1) is 5.13. The van der Waals surface area contributed by atoms with E-state index in [0.29, 0.717) is 0 Å². The summed E-state index contributed by atoms with van der Waals surface area (Å²) in [5.74, 6) is 0.0456. The van der Waals surface area contributed by atoms with Crippen LogP contribution >= 0.6 is 0 Å². The molecule has 0 saturated carbocycles. The topological polar surface area (TPSA) is 26.3 Å². The van der Waals surface area contributed by atoms with Crippen LogP contribution in [0.25, 0.3) is 0 Å². The first-order valence-electron chi connectivity index (χ1n) is 3.91. The fourth-order valence-corrected chi connectivity index (χ4v) is 0.893. The first kappa shape index (κ1) is 10.2. The van der Waals surface area contributed by atoms with Gasteiger partial charge in [0.25, 0.3) is 0 Å². The minimum atomic E-state index is -0.207. The average molecular weight is 156 g/mol. The molecule has 0 unspecified atom stereocenters. The molecule has 64 valence electrons. The van der Waals surface area contributed by atoms with Gasteiger partial charge in [-0.05, 0) is 12.3 Å². The highest BCUT2D eigenvalue weighted by Gasteiger charge is 2.11. The van der Waals surface area contributed by atoms with Crippen LogP contribution in [0.2, 0.25) is 0 Å². The molecule has 0 rings (SSSR count). The Labute approximate surface area is 68.2 Å². The fourth-order valence-electron chi connectivity index (χ4n) is 0.893. The van der Waals surface area contributed by atoms with Gasteiger partial charge in [-0.3, -0.25) is 0 Å². The molecule has 0 aromatic heterocycles. The lowest BCUT2D eigenvalue weighted by Gasteiger charge is -2.07. The zero-order valence-electron chi connectivity index (χ0n) is 7.68. The zero-order chi connectivity index (χ0) is 8.85. The van der Waals surface area contributed by atoms with Crippen LogP contribution < -0.4 is 0 Å². The Morgan fingerprint density at radius 2 is 2.09 bits per heavy atom. The van der Waals surface area contributed by atoms with Crippen LogP contribution in [0.1, 0.15) is 27.2 Å². The Hall–Kier alpha value is -0.790. The van der Waals surface area contributed by atoms with E-state index in [0.717, 1.165) is 12.0 Å². The number of methoxy groups -OCH3 is 1. The van der Waals surface area contributed by atoms with Crippen molar-refractivity contribution in [3.63, 3.8) is 0 Å².